The van der Waals surface area contributed by atoms with E-state index < -0.39 is 10.1 Å². The van der Waals surface area contributed by atoms with E-state index in [2.05, 4.69) is 6.92 Å². The molecule has 0 aromatic heterocycles. The summed E-state index contributed by atoms with van der Waals surface area (Å²) in [6.07, 6.45) is 5.76. The second kappa shape index (κ2) is 8.17. The highest BCUT2D eigenvalue weighted by Gasteiger charge is 2.18. The van der Waals surface area contributed by atoms with Crippen molar-refractivity contribution in [2.24, 2.45) is 0 Å². The number of ether oxygens (including phenoxy) is 1. The molecule has 0 aliphatic rings. The zero-order valence-electron chi connectivity index (χ0n) is 13.6. The first-order valence-electron chi connectivity index (χ1n) is 7.97. The minimum Gasteiger partial charge on any atom is -0.508 e. The fraction of sp³-hybridized carbons (Fsp3) is 0.333. The molecule has 2 N–H and O–H groups in total. The fourth-order valence-electron chi connectivity index (χ4n) is 2.40. The van der Waals surface area contributed by atoms with E-state index in [4.69, 9.17) is 4.74 Å². The van der Waals surface area contributed by atoms with E-state index in [1.165, 1.54) is 30.9 Å². The normalized spacial score (nSPS) is 11.4. The number of hydrogen-bond acceptors (Lipinski definition) is 4. The van der Waals surface area contributed by atoms with Crippen molar-refractivity contribution in [1.29, 1.82) is 0 Å². The van der Waals surface area contributed by atoms with E-state index >= 15 is 0 Å². The van der Waals surface area contributed by atoms with Crippen molar-refractivity contribution in [3.8, 4) is 17.2 Å². The lowest BCUT2D eigenvalue weighted by Crippen LogP contribution is -2.01. The number of unbranched alkanes of at least 4 members (excludes halogenated alkanes) is 3. The molecule has 0 spiro atoms. The van der Waals surface area contributed by atoms with Crippen LogP contribution in [-0.4, -0.2) is 18.1 Å². The average molecular weight is 350 g/mol. The summed E-state index contributed by atoms with van der Waals surface area (Å²) >= 11 is 0. The summed E-state index contributed by atoms with van der Waals surface area (Å²) in [6, 6.07) is 10.8. The molecule has 0 heterocycles. The molecule has 2 aromatic carbocycles. The highest BCUT2D eigenvalue weighted by Crippen LogP contribution is 2.32. The topological polar surface area (TPSA) is 83.8 Å². The van der Waals surface area contributed by atoms with E-state index in [0.29, 0.717) is 5.75 Å². The summed E-state index contributed by atoms with van der Waals surface area (Å²) in [7, 11) is -4.43. The van der Waals surface area contributed by atoms with Crippen molar-refractivity contribution < 1.29 is 22.8 Å². The number of rotatable bonds is 8. The molecule has 130 valence electrons. The van der Waals surface area contributed by atoms with Crippen LogP contribution in [0.3, 0.4) is 0 Å². The van der Waals surface area contributed by atoms with Gasteiger partial charge in [-0.05, 0) is 42.7 Å². The van der Waals surface area contributed by atoms with Crippen molar-refractivity contribution in [3.63, 3.8) is 0 Å². The van der Waals surface area contributed by atoms with Crippen molar-refractivity contribution >= 4 is 10.1 Å². The monoisotopic (exact) mass is 350 g/mol. The minimum absolute atomic E-state index is 0.117. The maximum Gasteiger partial charge on any atom is 0.298 e. The van der Waals surface area contributed by atoms with Crippen LogP contribution in [0.2, 0.25) is 0 Å². The van der Waals surface area contributed by atoms with Gasteiger partial charge in [0.05, 0.1) is 0 Å². The molecule has 24 heavy (non-hydrogen) atoms. The molecular formula is C18H22O5S. The van der Waals surface area contributed by atoms with E-state index in [0.717, 1.165) is 25.0 Å². The molecule has 0 unspecified atom stereocenters. The molecular weight excluding hydrogens is 328 g/mol. The zero-order chi connectivity index (χ0) is 17.6. The van der Waals surface area contributed by atoms with Gasteiger partial charge in [-0.3, -0.25) is 4.55 Å². The molecule has 5 nitrogen and oxygen atoms in total. The second-order valence-corrected chi connectivity index (χ2v) is 7.05. The number of phenols is 1. The predicted molar refractivity (Wildman–Crippen MR) is 92.3 cm³/mol. The summed E-state index contributed by atoms with van der Waals surface area (Å²) < 4.78 is 37.5. The standard InChI is InChI=1S/C18H22O5S/c1-2-3-4-5-6-14-7-10-16(11-8-14)23-17-13-15(19)9-12-18(17)24(20,21)22/h7-13,19H,2-6H2,1H3,(H,20,21,22). The Balaban J connectivity index is 2.10. The van der Waals surface area contributed by atoms with Gasteiger partial charge < -0.3 is 9.84 Å². The van der Waals surface area contributed by atoms with E-state index in [9.17, 15) is 18.1 Å². The molecule has 6 heteroatoms. The molecule has 0 radical (unpaired) electrons. The maximum atomic E-state index is 11.4. The van der Waals surface area contributed by atoms with Gasteiger partial charge >= 0.3 is 0 Å². The van der Waals surface area contributed by atoms with Crippen molar-refractivity contribution in [3.05, 3.63) is 48.0 Å². The lowest BCUT2D eigenvalue weighted by Gasteiger charge is -2.10. The van der Waals surface area contributed by atoms with Gasteiger partial charge in [0, 0.05) is 6.07 Å². The van der Waals surface area contributed by atoms with E-state index in [1.807, 2.05) is 12.1 Å². The maximum absolute atomic E-state index is 11.4. The Kier molecular flexibility index (Phi) is 6.23. The Morgan fingerprint density at radius 3 is 2.33 bits per heavy atom. The van der Waals surface area contributed by atoms with Gasteiger partial charge in [0.15, 0.2) is 5.75 Å². The zero-order valence-corrected chi connectivity index (χ0v) is 14.4. The summed E-state index contributed by atoms with van der Waals surface area (Å²) in [5.74, 6) is 0.168. The van der Waals surface area contributed by atoms with Gasteiger partial charge in [0.25, 0.3) is 10.1 Å². The Morgan fingerprint density at radius 2 is 1.71 bits per heavy atom. The molecule has 0 aliphatic heterocycles. The van der Waals surface area contributed by atoms with Crippen LogP contribution in [0.1, 0.15) is 38.2 Å². The summed E-state index contributed by atoms with van der Waals surface area (Å²) in [6.45, 7) is 2.17. The van der Waals surface area contributed by atoms with Crippen molar-refractivity contribution in [2.75, 3.05) is 0 Å². The highest BCUT2D eigenvalue weighted by atomic mass is 32.2. The third-order valence-electron chi connectivity index (χ3n) is 3.68. The molecule has 2 rings (SSSR count). The highest BCUT2D eigenvalue weighted by molar-refractivity contribution is 7.86. The molecule has 2 aromatic rings. The molecule has 0 aliphatic carbocycles. The molecule has 0 saturated heterocycles. The Bertz CT molecular complexity index is 766. The van der Waals surface area contributed by atoms with Gasteiger partial charge in [0.1, 0.15) is 16.4 Å². The summed E-state index contributed by atoms with van der Waals surface area (Å²) in [5.41, 5.74) is 1.18. The van der Waals surface area contributed by atoms with E-state index in [1.54, 1.807) is 12.1 Å². The van der Waals surface area contributed by atoms with Crippen LogP contribution >= 0.6 is 0 Å². The number of benzene rings is 2. The van der Waals surface area contributed by atoms with Crippen LogP contribution in [0, 0.1) is 0 Å². The molecule has 0 bridgehead atoms. The van der Waals surface area contributed by atoms with Crippen LogP contribution in [0.15, 0.2) is 47.4 Å². The molecule has 0 saturated carbocycles. The first-order chi connectivity index (χ1) is 11.4. The first-order valence-corrected chi connectivity index (χ1v) is 9.41. The molecule has 0 amide bonds. The Labute approximate surface area is 142 Å². The third-order valence-corrected chi connectivity index (χ3v) is 4.57. The third kappa shape index (κ3) is 5.25. The number of phenolic OH excluding ortho intramolecular Hbond substituents is 1. The number of aromatic hydroxyl groups is 1. The smallest absolute Gasteiger partial charge is 0.298 e. The lowest BCUT2D eigenvalue weighted by atomic mass is 10.1. The minimum atomic E-state index is -4.43. The first kappa shape index (κ1) is 18.3. The number of hydrogen-bond donors (Lipinski definition) is 2. The van der Waals surface area contributed by atoms with Crippen LogP contribution in [0.5, 0.6) is 17.2 Å². The van der Waals surface area contributed by atoms with Gasteiger partial charge in [0.2, 0.25) is 0 Å². The van der Waals surface area contributed by atoms with Gasteiger partial charge in [-0.1, -0.05) is 38.3 Å². The van der Waals surface area contributed by atoms with Crippen LogP contribution in [0.25, 0.3) is 0 Å². The van der Waals surface area contributed by atoms with Gasteiger partial charge in [-0.25, -0.2) is 0 Å². The van der Waals surface area contributed by atoms with E-state index in [-0.39, 0.29) is 16.4 Å². The largest absolute Gasteiger partial charge is 0.508 e. The van der Waals surface area contributed by atoms with Crippen molar-refractivity contribution in [1.82, 2.24) is 0 Å². The van der Waals surface area contributed by atoms with Crippen LogP contribution < -0.4 is 4.74 Å². The van der Waals surface area contributed by atoms with Crippen LogP contribution in [0.4, 0.5) is 0 Å². The quantitative estimate of drug-likeness (QED) is 0.539. The summed E-state index contributed by atoms with van der Waals surface area (Å²) in [4.78, 5) is -0.385. The fourth-order valence-corrected chi connectivity index (χ4v) is 2.99. The second-order valence-electron chi connectivity index (χ2n) is 5.66. The number of aryl methyl sites for hydroxylation is 1. The van der Waals surface area contributed by atoms with Crippen molar-refractivity contribution in [2.45, 2.75) is 43.9 Å². The lowest BCUT2D eigenvalue weighted by molar-refractivity contribution is 0.437. The van der Waals surface area contributed by atoms with Crippen LogP contribution in [-0.2, 0) is 16.5 Å². The molecule has 0 atom stereocenters. The predicted octanol–water partition coefficient (Wildman–Crippen LogP) is 4.55. The molecule has 0 fully saturated rings. The SMILES string of the molecule is CCCCCCc1ccc(Oc2cc(O)ccc2S(=O)(=O)O)cc1. The average Bonchev–Trinajstić information content (AvgIpc) is 2.52. The Hall–Kier alpha value is -2.05. The van der Waals surface area contributed by atoms with Gasteiger partial charge in [-0.2, -0.15) is 8.42 Å². The van der Waals surface area contributed by atoms with Gasteiger partial charge in [-0.15, -0.1) is 0 Å². The Morgan fingerprint density at radius 1 is 1.00 bits per heavy atom. The summed E-state index contributed by atoms with van der Waals surface area (Å²) in [5, 5.41) is 9.51.